The van der Waals surface area contributed by atoms with Crippen molar-refractivity contribution >= 4 is 11.6 Å². The first kappa shape index (κ1) is 23.4. The summed E-state index contributed by atoms with van der Waals surface area (Å²) in [4.78, 5) is 0. The molecule has 174 valence electrons. The maximum Gasteiger partial charge on any atom is 0.200 e. The molecule has 0 radical (unpaired) electrons. The van der Waals surface area contributed by atoms with Crippen molar-refractivity contribution in [1.29, 1.82) is 0 Å². The van der Waals surface area contributed by atoms with Gasteiger partial charge in [0.15, 0.2) is 11.6 Å². The van der Waals surface area contributed by atoms with Crippen molar-refractivity contribution in [1.82, 2.24) is 0 Å². The molecular formula is C23H25ClF2O6. The van der Waals surface area contributed by atoms with E-state index in [-0.39, 0.29) is 37.4 Å². The minimum atomic E-state index is -1.53. The third-order valence-electron chi connectivity index (χ3n) is 6.64. The predicted molar refractivity (Wildman–Crippen MR) is 112 cm³/mol. The standard InChI is InChI=1S/C23H25ClF2O6/c1-2-31-16-6-3-12(17(25)18(16)26)7-13-8-14(4-5-15(13)24)23-9-22(10-27,11-32-23)20(29)19(28)21(23)30/h3-6,8,19-21,27-30H,2,7,9-11H2,1H3/t19-,20+,21+,22-,23-/m0/s1. The van der Waals surface area contributed by atoms with Crippen LogP contribution in [0.5, 0.6) is 5.75 Å². The maximum absolute atomic E-state index is 14.6. The van der Waals surface area contributed by atoms with Crippen LogP contribution in [0.2, 0.25) is 5.02 Å². The van der Waals surface area contributed by atoms with Crippen LogP contribution < -0.4 is 4.74 Å². The number of aliphatic hydroxyl groups is 4. The molecule has 0 spiro atoms. The Morgan fingerprint density at radius 2 is 1.84 bits per heavy atom. The van der Waals surface area contributed by atoms with Gasteiger partial charge in [-0.05, 0) is 42.2 Å². The highest BCUT2D eigenvalue weighted by Gasteiger charge is 2.65. The largest absolute Gasteiger partial charge is 0.491 e. The summed E-state index contributed by atoms with van der Waals surface area (Å²) < 4.78 is 39.9. The Morgan fingerprint density at radius 1 is 1.09 bits per heavy atom. The van der Waals surface area contributed by atoms with Crippen LogP contribution in [0.25, 0.3) is 0 Å². The van der Waals surface area contributed by atoms with E-state index in [1.807, 2.05) is 0 Å². The second-order valence-electron chi connectivity index (χ2n) is 8.52. The molecule has 1 aliphatic heterocycles. The van der Waals surface area contributed by atoms with Crippen molar-refractivity contribution in [2.75, 3.05) is 19.8 Å². The summed E-state index contributed by atoms with van der Waals surface area (Å²) in [6.45, 7) is 1.37. The van der Waals surface area contributed by atoms with Crippen LogP contribution in [0, 0.1) is 17.0 Å². The molecule has 2 bridgehead atoms. The summed E-state index contributed by atoms with van der Waals surface area (Å²) in [5.74, 6) is -2.30. The number of fused-ring (bicyclic) bond motifs is 2. The average molecular weight is 471 g/mol. The summed E-state index contributed by atoms with van der Waals surface area (Å²) in [6, 6.07) is 7.55. The molecule has 2 aliphatic rings. The fourth-order valence-corrected chi connectivity index (χ4v) is 4.98. The van der Waals surface area contributed by atoms with Gasteiger partial charge in [-0.2, -0.15) is 4.39 Å². The Bertz CT molecular complexity index is 1020. The Kier molecular flexibility index (Phi) is 6.21. The second-order valence-corrected chi connectivity index (χ2v) is 8.93. The first-order valence-electron chi connectivity index (χ1n) is 10.4. The fourth-order valence-electron chi connectivity index (χ4n) is 4.79. The Labute approximate surface area is 189 Å². The van der Waals surface area contributed by atoms with Gasteiger partial charge in [-0.15, -0.1) is 0 Å². The van der Waals surface area contributed by atoms with Crippen molar-refractivity contribution in [3.8, 4) is 5.75 Å². The molecular weight excluding hydrogens is 446 g/mol. The summed E-state index contributed by atoms with van der Waals surface area (Å²) in [5.41, 5.74) is -1.53. The van der Waals surface area contributed by atoms with E-state index in [4.69, 9.17) is 21.1 Å². The van der Waals surface area contributed by atoms with E-state index in [1.165, 1.54) is 12.1 Å². The maximum atomic E-state index is 14.6. The summed E-state index contributed by atoms with van der Waals surface area (Å²) >= 11 is 6.33. The van der Waals surface area contributed by atoms with E-state index < -0.39 is 47.6 Å². The van der Waals surface area contributed by atoms with Crippen molar-refractivity contribution in [2.24, 2.45) is 5.41 Å². The van der Waals surface area contributed by atoms with Gasteiger partial charge in [0.2, 0.25) is 5.82 Å². The molecule has 0 amide bonds. The van der Waals surface area contributed by atoms with E-state index in [0.717, 1.165) is 0 Å². The van der Waals surface area contributed by atoms with Crippen LogP contribution in [0.3, 0.4) is 0 Å². The third kappa shape index (κ3) is 3.50. The zero-order chi connectivity index (χ0) is 23.3. The van der Waals surface area contributed by atoms with Gasteiger partial charge in [0.1, 0.15) is 17.8 Å². The fraction of sp³-hybridized carbons (Fsp3) is 0.478. The number of halogens is 3. The van der Waals surface area contributed by atoms with Crippen molar-refractivity contribution in [3.63, 3.8) is 0 Å². The lowest BCUT2D eigenvalue weighted by atomic mass is 9.64. The zero-order valence-electron chi connectivity index (χ0n) is 17.4. The van der Waals surface area contributed by atoms with Crippen LogP contribution in [0.4, 0.5) is 8.78 Å². The van der Waals surface area contributed by atoms with Gasteiger partial charge in [0.25, 0.3) is 0 Å². The lowest BCUT2D eigenvalue weighted by Crippen LogP contribution is -2.60. The van der Waals surface area contributed by atoms with E-state index in [2.05, 4.69) is 0 Å². The van der Waals surface area contributed by atoms with Crippen molar-refractivity contribution < 1.29 is 38.7 Å². The molecule has 9 heteroatoms. The number of rotatable bonds is 6. The van der Waals surface area contributed by atoms with Gasteiger partial charge < -0.3 is 29.9 Å². The monoisotopic (exact) mass is 470 g/mol. The number of aliphatic hydroxyl groups excluding tert-OH is 4. The number of hydrogen-bond donors (Lipinski definition) is 4. The summed E-state index contributed by atoms with van der Waals surface area (Å²) in [5, 5.41) is 41.8. The van der Waals surface area contributed by atoms with Crippen molar-refractivity contribution in [2.45, 2.75) is 43.7 Å². The van der Waals surface area contributed by atoms with Gasteiger partial charge in [-0.25, -0.2) is 4.39 Å². The van der Waals surface area contributed by atoms with Gasteiger partial charge in [0.05, 0.1) is 25.9 Å². The highest BCUT2D eigenvalue weighted by Crippen LogP contribution is 2.55. The first-order valence-corrected chi connectivity index (χ1v) is 10.7. The summed E-state index contributed by atoms with van der Waals surface area (Å²) in [6.07, 6.45) is -4.32. The van der Waals surface area contributed by atoms with Crippen LogP contribution >= 0.6 is 11.6 Å². The molecule has 1 aliphatic carbocycles. The number of benzene rings is 2. The molecule has 4 N–H and O–H groups in total. The second kappa shape index (κ2) is 8.52. The van der Waals surface area contributed by atoms with Gasteiger partial charge >= 0.3 is 0 Å². The predicted octanol–water partition coefficient (Wildman–Crippen LogP) is 2.30. The molecule has 5 atom stereocenters. The van der Waals surface area contributed by atoms with Crippen LogP contribution in [0.15, 0.2) is 30.3 Å². The highest BCUT2D eigenvalue weighted by molar-refractivity contribution is 6.31. The molecule has 0 aromatic heterocycles. The molecule has 1 saturated heterocycles. The van der Waals surface area contributed by atoms with E-state index in [0.29, 0.717) is 16.1 Å². The summed E-state index contributed by atoms with van der Waals surface area (Å²) in [7, 11) is 0. The zero-order valence-corrected chi connectivity index (χ0v) is 18.1. The molecule has 2 fully saturated rings. The quantitative estimate of drug-likeness (QED) is 0.517. The average Bonchev–Trinajstić information content (AvgIpc) is 3.18. The first-order chi connectivity index (χ1) is 15.2. The van der Waals surface area contributed by atoms with Crippen LogP contribution in [0.1, 0.15) is 30.0 Å². The molecule has 2 aromatic carbocycles. The Hall–Kier alpha value is -1.81. The Balaban J connectivity index is 1.71. The van der Waals surface area contributed by atoms with E-state index in [9.17, 15) is 29.2 Å². The SMILES string of the molecule is CCOc1ccc(Cc2cc([C@]34C[C@](CO)(CO3)[C@H](O)[C@H](O)[C@H]4O)ccc2Cl)c(F)c1F. The van der Waals surface area contributed by atoms with Crippen LogP contribution in [-0.4, -0.2) is 58.6 Å². The van der Waals surface area contributed by atoms with Crippen molar-refractivity contribution in [3.05, 3.63) is 63.7 Å². The van der Waals surface area contributed by atoms with Gasteiger partial charge in [-0.3, -0.25) is 0 Å². The minimum Gasteiger partial charge on any atom is -0.491 e. The number of ether oxygens (including phenoxy) is 2. The topological polar surface area (TPSA) is 99.4 Å². The smallest absolute Gasteiger partial charge is 0.200 e. The molecule has 2 aromatic rings. The third-order valence-corrected chi connectivity index (χ3v) is 7.01. The molecule has 4 rings (SSSR count). The van der Waals surface area contributed by atoms with E-state index in [1.54, 1.807) is 25.1 Å². The Morgan fingerprint density at radius 3 is 2.53 bits per heavy atom. The molecule has 1 saturated carbocycles. The van der Waals surface area contributed by atoms with Crippen LogP contribution in [-0.2, 0) is 16.8 Å². The molecule has 1 heterocycles. The van der Waals surface area contributed by atoms with E-state index >= 15 is 0 Å². The van der Waals surface area contributed by atoms with Gasteiger partial charge in [-0.1, -0.05) is 29.8 Å². The number of hydrogen-bond acceptors (Lipinski definition) is 6. The van der Waals surface area contributed by atoms with Gasteiger partial charge in [0, 0.05) is 16.9 Å². The lowest BCUT2D eigenvalue weighted by Gasteiger charge is -2.46. The minimum absolute atomic E-state index is 0.0374. The highest BCUT2D eigenvalue weighted by atomic mass is 35.5. The normalized spacial score (nSPS) is 31.7. The lowest BCUT2D eigenvalue weighted by molar-refractivity contribution is -0.188. The molecule has 6 nitrogen and oxygen atoms in total. The molecule has 32 heavy (non-hydrogen) atoms. The molecule has 0 unspecified atom stereocenters.